The zero-order valence-corrected chi connectivity index (χ0v) is 13.8. The minimum absolute atomic E-state index is 0.00352. The summed E-state index contributed by atoms with van der Waals surface area (Å²) >= 11 is 0. The van der Waals surface area contributed by atoms with Crippen LogP contribution in [0.4, 0.5) is 5.69 Å². The maximum absolute atomic E-state index is 12.9. The lowest BCUT2D eigenvalue weighted by atomic mass is 9.95. The molecule has 5 heteroatoms. The molecule has 2 aliphatic carbocycles. The van der Waals surface area contributed by atoms with Gasteiger partial charge in [-0.2, -0.15) is 0 Å². The van der Waals surface area contributed by atoms with E-state index in [0.717, 1.165) is 55.5 Å². The summed E-state index contributed by atoms with van der Waals surface area (Å²) in [5, 5.41) is 3.43. The highest BCUT2D eigenvalue weighted by molar-refractivity contribution is 5.46. The van der Waals surface area contributed by atoms with Gasteiger partial charge in [0, 0.05) is 17.3 Å². The van der Waals surface area contributed by atoms with E-state index in [2.05, 4.69) is 10.3 Å². The highest BCUT2D eigenvalue weighted by atomic mass is 16.2. The van der Waals surface area contributed by atoms with Gasteiger partial charge in [-0.25, -0.2) is 4.79 Å². The maximum Gasteiger partial charge on any atom is 0.328 e. The predicted octanol–water partition coefficient (Wildman–Crippen LogP) is 3.14. The second kappa shape index (κ2) is 6.30. The van der Waals surface area contributed by atoms with Crippen LogP contribution in [0, 0.1) is 0 Å². The average molecular weight is 325 g/mol. The van der Waals surface area contributed by atoms with Gasteiger partial charge in [-0.1, -0.05) is 37.5 Å². The zero-order chi connectivity index (χ0) is 16.5. The molecule has 2 aliphatic rings. The van der Waals surface area contributed by atoms with Crippen LogP contribution in [0.3, 0.4) is 0 Å². The number of rotatable bonds is 3. The number of para-hydroxylation sites is 1. The molecular formula is C19H23N3O2. The number of H-pyrrole nitrogens is 1. The van der Waals surface area contributed by atoms with Gasteiger partial charge < -0.3 is 10.3 Å². The molecule has 1 aromatic carbocycles. The van der Waals surface area contributed by atoms with Crippen molar-refractivity contribution in [2.45, 2.75) is 57.0 Å². The van der Waals surface area contributed by atoms with Crippen LogP contribution < -0.4 is 16.6 Å². The first-order valence-electron chi connectivity index (χ1n) is 8.93. The summed E-state index contributed by atoms with van der Waals surface area (Å²) < 4.78 is 1.49. The molecule has 0 saturated heterocycles. The fraction of sp³-hybridized carbons (Fsp3) is 0.474. The molecule has 24 heavy (non-hydrogen) atoms. The summed E-state index contributed by atoms with van der Waals surface area (Å²) in [4.78, 5) is 28.5. The van der Waals surface area contributed by atoms with Crippen molar-refractivity contribution in [2.75, 3.05) is 5.32 Å². The summed E-state index contributed by atoms with van der Waals surface area (Å²) in [7, 11) is 0. The Morgan fingerprint density at radius 1 is 1.00 bits per heavy atom. The fourth-order valence-electron chi connectivity index (χ4n) is 4.13. The van der Waals surface area contributed by atoms with E-state index in [1.54, 1.807) is 0 Å². The van der Waals surface area contributed by atoms with Crippen LogP contribution in [0.5, 0.6) is 0 Å². The van der Waals surface area contributed by atoms with Gasteiger partial charge in [0.15, 0.2) is 0 Å². The molecule has 0 unspecified atom stereocenters. The summed E-state index contributed by atoms with van der Waals surface area (Å²) in [5.41, 5.74) is 2.26. The van der Waals surface area contributed by atoms with Crippen molar-refractivity contribution >= 4 is 5.69 Å². The van der Waals surface area contributed by atoms with E-state index in [-0.39, 0.29) is 23.3 Å². The molecule has 5 nitrogen and oxygen atoms in total. The van der Waals surface area contributed by atoms with Gasteiger partial charge in [0.2, 0.25) is 0 Å². The van der Waals surface area contributed by atoms with Gasteiger partial charge in [0.05, 0.1) is 11.7 Å². The van der Waals surface area contributed by atoms with Gasteiger partial charge in [-0.15, -0.1) is 0 Å². The third-order valence-electron chi connectivity index (χ3n) is 5.35. The molecule has 1 heterocycles. The van der Waals surface area contributed by atoms with E-state index in [9.17, 15) is 9.59 Å². The lowest BCUT2D eigenvalue weighted by Gasteiger charge is -2.24. The van der Waals surface area contributed by atoms with Crippen molar-refractivity contribution in [3.63, 3.8) is 0 Å². The SMILES string of the molecule is O=c1[nH]c2c(c(=O)n1C1CCCCC1)CC[C@H]2Nc1ccccc1. The van der Waals surface area contributed by atoms with Crippen LogP contribution in [0.15, 0.2) is 39.9 Å². The molecule has 2 aromatic rings. The highest BCUT2D eigenvalue weighted by Crippen LogP contribution is 2.31. The van der Waals surface area contributed by atoms with E-state index < -0.39 is 0 Å². The Kier molecular flexibility index (Phi) is 4.00. The third kappa shape index (κ3) is 2.68. The Hall–Kier alpha value is -2.30. The Balaban J connectivity index is 1.68. The molecule has 0 aliphatic heterocycles. The van der Waals surface area contributed by atoms with E-state index >= 15 is 0 Å². The van der Waals surface area contributed by atoms with Crippen LogP contribution in [-0.4, -0.2) is 9.55 Å². The number of hydrogen-bond donors (Lipinski definition) is 2. The normalized spacial score (nSPS) is 20.8. The van der Waals surface area contributed by atoms with Gasteiger partial charge >= 0.3 is 5.69 Å². The Morgan fingerprint density at radius 3 is 2.50 bits per heavy atom. The minimum Gasteiger partial charge on any atom is -0.377 e. The molecule has 0 bridgehead atoms. The van der Waals surface area contributed by atoms with E-state index in [4.69, 9.17) is 0 Å². The summed E-state index contributed by atoms with van der Waals surface area (Å²) in [5.74, 6) is 0. The minimum atomic E-state index is -0.243. The molecule has 0 spiro atoms. The van der Waals surface area contributed by atoms with Gasteiger partial charge in [-0.3, -0.25) is 9.36 Å². The molecule has 1 saturated carbocycles. The predicted molar refractivity (Wildman–Crippen MR) is 94.6 cm³/mol. The highest BCUT2D eigenvalue weighted by Gasteiger charge is 2.29. The number of hydrogen-bond acceptors (Lipinski definition) is 3. The number of fused-ring (bicyclic) bond motifs is 1. The van der Waals surface area contributed by atoms with Crippen LogP contribution in [-0.2, 0) is 6.42 Å². The summed E-state index contributed by atoms with van der Waals surface area (Å²) in [6, 6.07) is 9.99. The summed E-state index contributed by atoms with van der Waals surface area (Å²) in [6.07, 6.45) is 6.85. The largest absolute Gasteiger partial charge is 0.377 e. The van der Waals surface area contributed by atoms with Crippen LogP contribution in [0.25, 0.3) is 0 Å². The second-order valence-corrected chi connectivity index (χ2v) is 6.89. The maximum atomic E-state index is 12.9. The Labute approximate surface area is 140 Å². The standard InChI is InChI=1S/C19H23N3O2/c23-18-15-11-12-16(20-13-7-3-1-4-8-13)17(15)21-19(24)22(18)14-9-5-2-6-10-14/h1,3-4,7-8,14,16,20H,2,5-6,9-12H2,(H,21,24)/t16-/m1/s1. The van der Waals surface area contributed by atoms with Crippen molar-refractivity contribution in [3.05, 3.63) is 62.4 Å². The molecular weight excluding hydrogens is 302 g/mol. The van der Waals surface area contributed by atoms with Crippen LogP contribution in [0.2, 0.25) is 0 Å². The molecule has 126 valence electrons. The van der Waals surface area contributed by atoms with Crippen molar-refractivity contribution < 1.29 is 0 Å². The van der Waals surface area contributed by atoms with Crippen LogP contribution >= 0.6 is 0 Å². The topological polar surface area (TPSA) is 66.9 Å². The monoisotopic (exact) mass is 325 g/mol. The third-order valence-corrected chi connectivity index (χ3v) is 5.35. The van der Waals surface area contributed by atoms with Gasteiger partial charge in [0.1, 0.15) is 0 Å². The zero-order valence-electron chi connectivity index (χ0n) is 13.8. The molecule has 1 atom stereocenters. The quantitative estimate of drug-likeness (QED) is 0.911. The van der Waals surface area contributed by atoms with E-state index in [1.165, 1.54) is 11.0 Å². The molecule has 1 aromatic heterocycles. The van der Waals surface area contributed by atoms with Crippen molar-refractivity contribution in [3.8, 4) is 0 Å². The lowest BCUT2D eigenvalue weighted by Crippen LogP contribution is -2.41. The van der Waals surface area contributed by atoms with Crippen molar-refractivity contribution in [1.29, 1.82) is 0 Å². The molecule has 2 N–H and O–H groups in total. The Morgan fingerprint density at radius 2 is 1.75 bits per heavy atom. The number of aromatic amines is 1. The number of nitrogens with zero attached hydrogens (tertiary/aromatic N) is 1. The first-order valence-corrected chi connectivity index (χ1v) is 8.93. The molecule has 0 amide bonds. The summed E-state index contributed by atoms with van der Waals surface area (Å²) in [6.45, 7) is 0. The number of anilines is 1. The second-order valence-electron chi connectivity index (χ2n) is 6.89. The van der Waals surface area contributed by atoms with E-state index in [0.29, 0.717) is 0 Å². The van der Waals surface area contributed by atoms with Crippen molar-refractivity contribution in [2.24, 2.45) is 0 Å². The number of benzene rings is 1. The Bertz CT molecular complexity index is 832. The average Bonchev–Trinajstić information content (AvgIpc) is 3.00. The first kappa shape index (κ1) is 15.2. The van der Waals surface area contributed by atoms with Crippen molar-refractivity contribution in [1.82, 2.24) is 9.55 Å². The molecule has 1 fully saturated rings. The number of nitrogens with one attached hydrogen (secondary N) is 2. The smallest absolute Gasteiger partial charge is 0.328 e. The van der Waals surface area contributed by atoms with Gasteiger partial charge in [-0.05, 0) is 37.8 Å². The molecule has 4 rings (SSSR count). The number of aromatic nitrogens is 2. The molecule has 0 radical (unpaired) electrons. The fourth-order valence-corrected chi connectivity index (χ4v) is 4.13. The van der Waals surface area contributed by atoms with Gasteiger partial charge in [0.25, 0.3) is 5.56 Å². The van der Waals surface area contributed by atoms with E-state index in [1.807, 2.05) is 30.3 Å². The first-order chi connectivity index (χ1) is 11.7. The van der Waals surface area contributed by atoms with Crippen LogP contribution in [0.1, 0.15) is 61.9 Å². The lowest BCUT2D eigenvalue weighted by molar-refractivity contribution is 0.335.